The number of fused-ring (bicyclic) bond motifs is 1. The number of sulfonamides is 1. The van der Waals surface area contributed by atoms with Crippen molar-refractivity contribution >= 4 is 44.3 Å². The number of nitrogens with one attached hydrogen (secondary N) is 1. The van der Waals surface area contributed by atoms with Gasteiger partial charge in [0.05, 0.1) is 4.90 Å². The van der Waals surface area contributed by atoms with Crippen LogP contribution in [0.5, 0.6) is 0 Å². The van der Waals surface area contributed by atoms with Crippen LogP contribution in [0.4, 0.5) is 5.69 Å². The lowest BCUT2D eigenvalue weighted by atomic mass is 10.3. The molecule has 0 fully saturated rings. The molecule has 3 rings (SSSR count). The molecule has 1 N–H and O–H groups in total. The van der Waals surface area contributed by atoms with E-state index < -0.39 is 15.9 Å². The van der Waals surface area contributed by atoms with Crippen LogP contribution in [0.1, 0.15) is 0 Å². The molecule has 27 heavy (non-hydrogen) atoms. The quantitative estimate of drug-likeness (QED) is 0.659. The van der Waals surface area contributed by atoms with Crippen molar-refractivity contribution in [3.05, 3.63) is 47.5 Å². The maximum Gasteiger partial charge on any atom is 0.265 e. The van der Waals surface area contributed by atoms with Crippen LogP contribution < -0.4 is 10.2 Å². The van der Waals surface area contributed by atoms with Crippen molar-refractivity contribution in [3.8, 4) is 0 Å². The maximum absolute atomic E-state index is 12.1. The monoisotopic (exact) mass is 409 g/mol. The molecule has 0 atom stereocenters. The first kappa shape index (κ1) is 19.1. The SMILES string of the molecule is CN(C)S(=O)(=O)c1ccc(NC(=O)COn2nnc3ccc(Cl)cc32)cc1. The zero-order valence-electron chi connectivity index (χ0n) is 14.5. The number of aromatic nitrogens is 3. The number of halogens is 1. The molecular formula is C16H16ClN5O4S. The molecule has 0 bridgehead atoms. The summed E-state index contributed by atoms with van der Waals surface area (Å²) >= 11 is 5.93. The molecule has 0 radical (unpaired) electrons. The number of anilines is 1. The fraction of sp³-hybridized carbons (Fsp3) is 0.188. The van der Waals surface area contributed by atoms with Crippen molar-refractivity contribution < 1.29 is 18.0 Å². The zero-order valence-corrected chi connectivity index (χ0v) is 16.0. The minimum Gasteiger partial charge on any atom is -0.385 e. The molecule has 0 aliphatic rings. The van der Waals surface area contributed by atoms with Gasteiger partial charge in [0.15, 0.2) is 6.61 Å². The van der Waals surface area contributed by atoms with Gasteiger partial charge in [0.25, 0.3) is 5.91 Å². The molecule has 0 aliphatic carbocycles. The van der Waals surface area contributed by atoms with E-state index in [4.69, 9.17) is 16.4 Å². The molecule has 0 aliphatic heterocycles. The van der Waals surface area contributed by atoms with E-state index >= 15 is 0 Å². The molecule has 2 aromatic carbocycles. The zero-order chi connectivity index (χ0) is 19.6. The Kier molecular flexibility index (Phi) is 5.31. The summed E-state index contributed by atoms with van der Waals surface area (Å²) in [6, 6.07) is 10.8. The third-order valence-electron chi connectivity index (χ3n) is 3.61. The van der Waals surface area contributed by atoms with Gasteiger partial charge in [0.1, 0.15) is 11.0 Å². The molecule has 142 valence electrons. The topological polar surface area (TPSA) is 106 Å². The second-order valence-corrected chi connectivity index (χ2v) is 8.32. The Morgan fingerprint density at radius 1 is 1.22 bits per heavy atom. The Morgan fingerprint density at radius 2 is 1.93 bits per heavy atom. The summed E-state index contributed by atoms with van der Waals surface area (Å²) in [6.07, 6.45) is 0. The van der Waals surface area contributed by atoms with Gasteiger partial charge in [0, 0.05) is 24.8 Å². The number of amides is 1. The van der Waals surface area contributed by atoms with E-state index in [1.807, 2.05) is 0 Å². The second-order valence-electron chi connectivity index (χ2n) is 5.73. The van der Waals surface area contributed by atoms with E-state index in [2.05, 4.69) is 15.6 Å². The Balaban J connectivity index is 1.63. The minimum atomic E-state index is -3.52. The Bertz CT molecular complexity index is 1080. The summed E-state index contributed by atoms with van der Waals surface area (Å²) < 4.78 is 25.2. The van der Waals surface area contributed by atoms with E-state index in [9.17, 15) is 13.2 Å². The lowest BCUT2D eigenvalue weighted by Gasteiger charge is -2.12. The van der Waals surface area contributed by atoms with E-state index in [-0.39, 0.29) is 11.5 Å². The van der Waals surface area contributed by atoms with Crippen LogP contribution in [-0.4, -0.2) is 54.5 Å². The molecule has 11 heteroatoms. The van der Waals surface area contributed by atoms with Crippen molar-refractivity contribution in [2.45, 2.75) is 4.90 Å². The predicted octanol–water partition coefficient (Wildman–Crippen LogP) is 1.40. The van der Waals surface area contributed by atoms with Gasteiger partial charge in [-0.3, -0.25) is 4.79 Å². The fourth-order valence-electron chi connectivity index (χ4n) is 2.20. The third-order valence-corrected chi connectivity index (χ3v) is 5.68. The van der Waals surface area contributed by atoms with Crippen LogP contribution in [0.2, 0.25) is 5.02 Å². The molecule has 1 amide bonds. The summed E-state index contributed by atoms with van der Waals surface area (Å²) in [5, 5.41) is 10.8. The molecule has 0 unspecified atom stereocenters. The normalized spacial score (nSPS) is 11.7. The van der Waals surface area contributed by atoms with Gasteiger partial charge >= 0.3 is 0 Å². The van der Waals surface area contributed by atoms with Crippen LogP contribution >= 0.6 is 11.6 Å². The lowest BCUT2D eigenvalue weighted by Crippen LogP contribution is -2.26. The average Bonchev–Trinajstić information content (AvgIpc) is 3.02. The predicted molar refractivity (Wildman–Crippen MR) is 99.9 cm³/mol. The Morgan fingerprint density at radius 3 is 2.59 bits per heavy atom. The summed E-state index contributed by atoms with van der Waals surface area (Å²) in [6.45, 7) is -0.317. The molecule has 3 aromatic rings. The highest BCUT2D eigenvalue weighted by Crippen LogP contribution is 2.17. The average molecular weight is 410 g/mol. The highest BCUT2D eigenvalue weighted by molar-refractivity contribution is 7.89. The van der Waals surface area contributed by atoms with E-state index in [0.717, 1.165) is 9.15 Å². The lowest BCUT2D eigenvalue weighted by molar-refractivity contribution is -0.121. The van der Waals surface area contributed by atoms with Gasteiger partial charge in [-0.25, -0.2) is 12.7 Å². The molecule has 0 saturated carbocycles. The summed E-state index contributed by atoms with van der Waals surface area (Å²) in [5.41, 5.74) is 1.55. The number of nitrogens with zero attached hydrogens (tertiary/aromatic N) is 4. The number of carbonyl (C=O) groups excluding carboxylic acids is 1. The van der Waals surface area contributed by atoms with Gasteiger partial charge in [-0.15, -0.1) is 5.10 Å². The van der Waals surface area contributed by atoms with E-state index in [1.165, 1.54) is 38.4 Å². The molecular weight excluding hydrogens is 394 g/mol. The number of carbonyl (C=O) groups is 1. The maximum atomic E-state index is 12.1. The van der Waals surface area contributed by atoms with Gasteiger partial charge < -0.3 is 10.2 Å². The summed E-state index contributed by atoms with van der Waals surface area (Å²) in [5.74, 6) is -0.441. The standard InChI is InChI=1S/C16H16ClN5O4S/c1-21(2)27(24,25)13-6-4-12(5-7-13)18-16(23)10-26-22-15-9-11(17)3-8-14(15)19-20-22/h3-9H,10H2,1-2H3,(H,18,23). The highest BCUT2D eigenvalue weighted by atomic mass is 35.5. The number of hydrogen-bond acceptors (Lipinski definition) is 6. The summed E-state index contributed by atoms with van der Waals surface area (Å²) in [4.78, 5) is 18.6. The number of benzene rings is 2. The smallest absolute Gasteiger partial charge is 0.265 e. The van der Waals surface area contributed by atoms with Crippen LogP contribution in [0.15, 0.2) is 47.4 Å². The highest BCUT2D eigenvalue weighted by Gasteiger charge is 2.17. The van der Waals surface area contributed by atoms with Crippen LogP contribution in [0.25, 0.3) is 11.0 Å². The minimum absolute atomic E-state index is 0.132. The van der Waals surface area contributed by atoms with Crippen LogP contribution in [0, 0.1) is 0 Å². The third kappa shape index (κ3) is 4.18. The first-order valence-corrected chi connectivity index (χ1v) is 9.56. The summed E-state index contributed by atoms with van der Waals surface area (Å²) in [7, 11) is -0.624. The van der Waals surface area contributed by atoms with Crippen molar-refractivity contribution in [3.63, 3.8) is 0 Å². The van der Waals surface area contributed by atoms with Gasteiger partial charge in [-0.2, -0.15) is 0 Å². The molecule has 0 saturated heterocycles. The van der Waals surface area contributed by atoms with Crippen molar-refractivity contribution in [1.82, 2.24) is 19.5 Å². The number of hydrogen-bond donors (Lipinski definition) is 1. The van der Waals surface area contributed by atoms with Crippen LogP contribution in [-0.2, 0) is 14.8 Å². The first-order valence-electron chi connectivity index (χ1n) is 7.74. The largest absolute Gasteiger partial charge is 0.385 e. The Labute approximate surface area is 160 Å². The van der Waals surface area contributed by atoms with Gasteiger partial charge in [-0.1, -0.05) is 16.4 Å². The van der Waals surface area contributed by atoms with Crippen molar-refractivity contribution in [1.29, 1.82) is 0 Å². The first-order chi connectivity index (χ1) is 12.8. The van der Waals surface area contributed by atoms with Crippen molar-refractivity contribution in [2.24, 2.45) is 0 Å². The fourth-order valence-corrected chi connectivity index (χ4v) is 3.27. The van der Waals surface area contributed by atoms with E-state index in [1.54, 1.807) is 18.2 Å². The van der Waals surface area contributed by atoms with Crippen LogP contribution in [0.3, 0.4) is 0 Å². The van der Waals surface area contributed by atoms with Gasteiger partial charge in [0.2, 0.25) is 10.0 Å². The molecule has 1 aromatic heterocycles. The molecule has 1 heterocycles. The second kappa shape index (κ2) is 7.51. The van der Waals surface area contributed by atoms with Gasteiger partial charge in [-0.05, 0) is 47.7 Å². The number of rotatable bonds is 6. The Hall–Kier alpha value is -2.69. The molecule has 0 spiro atoms. The van der Waals surface area contributed by atoms with E-state index in [0.29, 0.717) is 21.7 Å². The van der Waals surface area contributed by atoms with Crippen molar-refractivity contribution in [2.75, 3.05) is 26.0 Å². The molecule has 9 nitrogen and oxygen atoms in total.